The Kier molecular flexibility index (Phi) is 3.39. The van der Waals surface area contributed by atoms with Gasteiger partial charge in [0.25, 0.3) is 0 Å². The second-order valence-electron chi connectivity index (χ2n) is 6.58. The van der Waals surface area contributed by atoms with Crippen LogP contribution in [-0.4, -0.2) is 23.6 Å². The SMILES string of the molecule is CN1CCCC2C(c3cccc(Cl)c3)c3ccc(O)cc3C21. The molecule has 0 radical (unpaired) electrons. The first-order chi connectivity index (χ1) is 10.6. The van der Waals surface area contributed by atoms with Crippen LogP contribution in [0.3, 0.4) is 0 Å². The molecule has 0 saturated carbocycles. The smallest absolute Gasteiger partial charge is 0.115 e. The Balaban J connectivity index is 1.88. The van der Waals surface area contributed by atoms with Crippen LogP contribution in [0, 0.1) is 5.92 Å². The highest BCUT2D eigenvalue weighted by Crippen LogP contribution is 2.54. The van der Waals surface area contributed by atoms with Crippen molar-refractivity contribution in [2.75, 3.05) is 13.6 Å². The first-order valence-electron chi connectivity index (χ1n) is 7.93. The topological polar surface area (TPSA) is 23.5 Å². The molecule has 0 aromatic heterocycles. The molecule has 1 heterocycles. The largest absolute Gasteiger partial charge is 0.508 e. The number of nitrogens with zero attached hydrogens (tertiary/aromatic N) is 1. The van der Waals surface area contributed by atoms with Crippen molar-refractivity contribution in [3.63, 3.8) is 0 Å². The summed E-state index contributed by atoms with van der Waals surface area (Å²) in [5.41, 5.74) is 3.93. The highest BCUT2D eigenvalue weighted by Gasteiger charge is 2.44. The third-order valence-electron chi connectivity index (χ3n) is 5.29. The van der Waals surface area contributed by atoms with Crippen molar-refractivity contribution in [3.8, 4) is 5.75 Å². The van der Waals surface area contributed by atoms with E-state index in [1.807, 2.05) is 24.3 Å². The Hall–Kier alpha value is -1.51. The van der Waals surface area contributed by atoms with Gasteiger partial charge in [-0.25, -0.2) is 0 Å². The molecule has 2 aliphatic rings. The van der Waals surface area contributed by atoms with E-state index in [1.165, 1.54) is 29.5 Å². The quantitative estimate of drug-likeness (QED) is 0.833. The Morgan fingerprint density at radius 2 is 2.00 bits per heavy atom. The highest BCUT2D eigenvalue weighted by molar-refractivity contribution is 6.30. The van der Waals surface area contributed by atoms with E-state index in [-0.39, 0.29) is 0 Å². The molecule has 1 aliphatic carbocycles. The molecule has 1 aliphatic heterocycles. The summed E-state index contributed by atoms with van der Waals surface area (Å²) in [5, 5.41) is 10.7. The molecule has 4 rings (SSSR count). The van der Waals surface area contributed by atoms with E-state index in [2.05, 4.69) is 30.1 Å². The van der Waals surface area contributed by atoms with Gasteiger partial charge in [0, 0.05) is 17.0 Å². The number of aromatic hydroxyl groups is 1. The standard InChI is InChI=1S/C19H20ClNO/c1-21-9-3-6-16-18(12-4-2-5-13(20)10-12)15-8-7-14(22)11-17(15)19(16)21/h2,4-5,7-8,10-11,16,18-19,22H,3,6,9H2,1H3. The molecule has 1 fully saturated rings. The Labute approximate surface area is 136 Å². The lowest BCUT2D eigenvalue weighted by Crippen LogP contribution is -2.34. The monoisotopic (exact) mass is 313 g/mol. The van der Waals surface area contributed by atoms with Crippen LogP contribution in [0.2, 0.25) is 5.02 Å². The minimum absolute atomic E-state index is 0.364. The van der Waals surface area contributed by atoms with Crippen LogP contribution in [-0.2, 0) is 0 Å². The van der Waals surface area contributed by atoms with Crippen LogP contribution in [0.1, 0.15) is 41.5 Å². The third-order valence-corrected chi connectivity index (χ3v) is 5.52. The molecule has 0 amide bonds. The summed E-state index contributed by atoms with van der Waals surface area (Å²) in [4.78, 5) is 2.44. The first kappa shape index (κ1) is 14.1. The van der Waals surface area contributed by atoms with Crippen LogP contribution < -0.4 is 0 Å². The van der Waals surface area contributed by atoms with Crippen molar-refractivity contribution in [1.82, 2.24) is 4.90 Å². The fourth-order valence-electron chi connectivity index (χ4n) is 4.48. The molecule has 22 heavy (non-hydrogen) atoms. The summed E-state index contributed by atoms with van der Waals surface area (Å²) >= 11 is 6.23. The van der Waals surface area contributed by atoms with Crippen LogP contribution in [0.5, 0.6) is 5.75 Å². The first-order valence-corrected chi connectivity index (χ1v) is 8.31. The fraction of sp³-hybridized carbons (Fsp3) is 0.368. The summed E-state index contributed by atoms with van der Waals surface area (Å²) in [6, 6.07) is 14.5. The zero-order valence-electron chi connectivity index (χ0n) is 12.7. The van der Waals surface area contributed by atoms with Gasteiger partial charge in [-0.2, -0.15) is 0 Å². The van der Waals surface area contributed by atoms with Gasteiger partial charge in [0.1, 0.15) is 5.75 Å². The number of hydrogen-bond acceptors (Lipinski definition) is 2. The third kappa shape index (κ3) is 2.13. The van der Waals surface area contributed by atoms with E-state index in [0.717, 1.165) is 11.6 Å². The predicted octanol–water partition coefficient (Wildman–Crippen LogP) is 4.57. The highest BCUT2D eigenvalue weighted by atomic mass is 35.5. The maximum atomic E-state index is 9.93. The van der Waals surface area contributed by atoms with Crippen LogP contribution in [0.15, 0.2) is 42.5 Å². The van der Waals surface area contributed by atoms with E-state index in [0.29, 0.717) is 23.6 Å². The summed E-state index contributed by atoms with van der Waals surface area (Å²) in [6.45, 7) is 1.12. The van der Waals surface area contributed by atoms with Gasteiger partial charge in [-0.1, -0.05) is 29.8 Å². The number of halogens is 1. The average molecular weight is 314 g/mol. The maximum absolute atomic E-state index is 9.93. The lowest BCUT2D eigenvalue weighted by Gasteiger charge is -2.37. The summed E-state index contributed by atoms with van der Waals surface area (Å²) in [5.74, 6) is 1.30. The fourth-order valence-corrected chi connectivity index (χ4v) is 4.67. The van der Waals surface area contributed by atoms with Gasteiger partial charge in [0.05, 0.1) is 0 Å². The molecule has 3 unspecified atom stereocenters. The van der Waals surface area contributed by atoms with Gasteiger partial charge in [-0.15, -0.1) is 0 Å². The lowest BCUT2D eigenvalue weighted by molar-refractivity contribution is 0.126. The summed E-state index contributed by atoms with van der Waals surface area (Å²) in [7, 11) is 2.20. The zero-order chi connectivity index (χ0) is 15.3. The molecule has 2 aromatic carbocycles. The summed E-state index contributed by atoms with van der Waals surface area (Å²) < 4.78 is 0. The molecule has 0 spiro atoms. The van der Waals surface area contributed by atoms with Crippen molar-refractivity contribution in [2.45, 2.75) is 24.8 Å². The van der Waals surface area contributed by atoms with Crippen molar-refractivity contribution in [2.24, 2.45) is 5.92 Å². The molecular formula is C19H20ClNO. The number of hydrogen-bond donors (Lipinski definition) is 1. The van der Waals surface area contributed by atoms with Gasteiger partial charge in [0.2, 0.25) is 0 Å². The van der Waals surface area contributed by atoms with Gasteiger partial charge < -0.3 is 5.11 Å². The van der Waals surface area contributed by atoms with E-state index < -0.39 is 0 Å². The average Bonchev–Trinajstić information content (AvgIpc) is 2.82. The molecule has 2 nitrogen and oxygen atoms in total. The Morgan fingerprint density at radius 3 is 2.82 bits per heavy atom. The number of likely N-dealkylation sites (tertiary alicyclic amines) is 1. The normalized spacial score (nSPS) is 27.5. The second kappa shape index (κ2) is 5.29. The van der Waals surface area contributed by atoms with Gasteiger partial charge in [-0.3, -0.25) is 4.90 Å². The Morgan fingerprint density at radius 1 is 1.14 bits per heavy atom. The lowest BCUT2D eigenvalue weighted by atomic mass is 9.80. The zero-order valence-corrected chi connectivity index (χ0v) is 13.4. The van der Waals surface area contributed by atoms with Crippen molar-refractivity contribution >= 4 is 11.6 Å². The van der Waals surface area contributed by atoms with E-state index in [9.17, 15) is 5.11 Å². The molecule has 114 valence electrons. The van der Waals surface area contributed by atoms with Gasteiger partial charge >= 0.3 is 0 Å². The predicted molar refractivity (Wildman–Crippen MR) is 89.5 cm³/mol. The number of benzene rings is 2. The van der Waals surface area contributed by atoms with E-state index >= 15 is 0 Å². The van der Waals surface area contributed by atoms with E-state index in [1.54, 1.807) is 0 Å². The maximum Gasteiger partial charge on any atom is 0.115 e. The second-order valence-corrected chi connectivity index (χ2v) is 7.01. The number of fused-ring (bicyclic) bond motifs is 3. The van der Waals surface area contributed by atoms with Crippen molar-refractivity contribution in [1.29, 1.82) is 0 Å². The molecule has 1 N–H and O–H groups in total. The molecule has 0 bridgehead atoms. The Bertz CT molecular complexity index is 714. The molecule has 2 aromatic rings. The number of rotatable bonds is 1. The van der Waals surface area contributed by atoms with E-state index in [4.69, 9.17) is 11.6 Å². The molecule has 3 heteroatoms. The summed E-state index contributed by atoms with van der Waals surface area (Å²) in [6.07, 6.45) is 2.45. The van der Waals surface area contributed by atoms with Gasteiger partial charge in [0.15, 0.2) is 0 Å². The molecular weight excluding hydrogens is 294 g/mol. The molecule has 3 atom stereocenters. The van der Waals surface area contributed by atoms with Crippen LogP contribution in [0.4, 0.5) is 0 Å². The van der Waals surface area contributed by atoms with Crippen LogP contribution in [0.25, 0.3) is 0 Å². The number of phenolic OH excluding ortho intramolecular Hbond substituents is 1. The number of piperidine rings is 1. The van der Waals surface area contributed by atoms with Gasteiger partial charge in [-0.05, 0) is 73.3 Å². The van der Waals surface area contributed by atoms with Crippen molar-refractivity contribution < 1.29 is 5.11 Å². The molecule has 1 saturated heterocycles. The minimum Gasteiger partial charge on any atom is -0.508 e. The van der Waals surface area contributed by atoms with Crippen molar-refractivity contribution in [3.05, 3.63) is 64.2 Å². The minimum atomic E-state index is 0.364. The van der Waals surface area contributed by atoms with Crippen LogP contribution >= 0.6 is 11.6 Å². The number of phenols is 1.